The van der Waals surface area contributed by atoms with Crippen molar-refractivity contribution in [1.29, 1.82) is 0 Å². The highest BCUT2D eigenvalue weighted by Crippen LogP contribution is 2.15. The number of rotatable bonds is 3. The molecule has 0 rings (SSSR count). The largest absolute Gasteiger partial charge is 0.349 e. The van der Waals surface area contributed by atoms with E-state index in [0.717, 1.165) is 0 Å². The van der Waals surface area contributed by atoms with Gasteiger partial charge in [-0.2, -0.15) is 0 Å². The van der Waals surface area contributed by atoms with E-state index in [4.69, 9.17) is 27.9 Å². The molecule has 4 heteroatoms. The van der Waals surface area contributed by atoms with Crippen molar-refractivity contribution >= 4 is 31.3 Å². The third-order valence-corrected chi connectivity index (χ3v) is 4.31. The van der Waals surface area contributed by atoms with Crippen LogP contribution in [0.15, 0.2) is 0 Å². The van der Waals surface area contributed by atoms with Crippen LogP contribution in [0.3, 0.4) is 0 Å². The molecule has 62 valence electrons. The van der Waals surface area contributed by atoms with Crippen LogP contribution in [0, 0.1) is 0 Å². The highest BCUT2D eigenvalue weighted by atomic mass is 35.5. The van der Waals surface area contributed by atoms with Crippen LogP contribution in [0.1, 0.15) is 6.92 Å². The Bertz CT molecular complexity index is 100. The van der Waals surface area contributed by atoms with Gasteiger partial charge in [0.1, 0.15) is 0 Å². The molecule has 0 saturated carbocycles. The lowest BCUT2D eigenvalue weighted by Crippen LogP contribution is -2.38. The van der Waals surface area contributed by atoms with Gasteiger partial charge in [-0.25, -0.2) is 0 Å². The average molecular weight is 201 g/mol. The molecule has 10 heavy (non-hydrogen) atoms. The van der Waals surface area contributed by atoms with Crippen LogP contribution in [0.25, 0.3) is 0 Å². The first-order valence-electron chi connectivity index (χ1n) is 3.27. The van der Waals surface area contributed by atoms with Gasteiger partial charge < -0.3 is 4.74 Å². The monoisotopic (exact) mass is 200 g/mol. The molecule has 0 aromatic heterocycles. The summed E-state index contributed by atoms with van der Waals surface area (Å²) in [5.41, 5.74) is 0.215. The zero-order valence-electron chi connectivity index (χ0n) is 6.82. The molecule has 0 bridgehead atoms. The summed E-state index contributed by atoms with van der Waals surface area (Å²) in [5.74, 6) is 0. The number of halogens is 2. The number of ether oxygens (including phenoxy) is 1. The second kappa shape index (κ2) is 3.95. The van der Waals surface area contributed by atoms with Crippen molar-refractivity contribution in [3.63, 3.8) is 0 Å². The average Bonchev–Trinajstić information content (AvgIpc) is 1.60. The SMILES string of the molecule is CC(OC(Cl)Cl)[Si](C)(C)C. The van der Waals surface area contributed by atoms with Gasteiger partial charge in [0.15, 0.2) is 0 Å². The third-order valence-electron chi connectivity index (χ3n) is 1.53. The highest BCUT2D eigenvalue weighted by Gasteiger charge is 2.24. The first kappa shape index (κ1) is 10.8. The van der Waals surface area contributed by atoms with Crippen LogP contribution in [-0.2, 0) is 4.74 Å². The molecule has 0 saturated heterocycles. The molecule has 0 aliphatic heterocycles. The van der Waals surface area contributed by atoms with Gasteiger partial charge in [0.05, 0.1) is 8.07 Å². The lowest BCUT2D eigenvalue weighted by molar-refractivity contribution is 0.130. The Morgan fingerprint density at radius 3 is 1.70 bits per heavy atom. The van der Waals surface area contributed by atoms with Crippen molar-refractivity contribution in [2.24, 2.45) is 0 Å². The van der Waals surface area contributed by atoms with Crippen LogP contribution in [0.5, 0.6) is 0 Å². The summed E-state index contributed by atoms with van der Waals surface area (Å²) in [5, 5.41) is -0.679. The van der Waals surface area contributed by atoms with E-state index in [9.17, 15) is 0 Å². The summed E-state index contributed by atoms with van der Waals surface area (Å²) in [6.45, 7) is 8.67. The molecule has 0 spiro atoms. The molecule has 0 aromatic rings. The number of hydrogen-bond donors (Lipinski definition) is 0. The van der Waals surface area contributed by atoms with Crippen molar-refractivity contribution in [3.05, 3.63) is 0 Å². The lowest BCUT2D eigenvalue weighted by atomic mass is 10.8. The predicted octanol–water partition coefficient (Wildman–Crippen LogP) is 3.03. The van der Waals surface area contributed by atoms with Gasteiger partial charge in [-0.15, -0.1) is 0 Å². The maximum atomic E-state index is 5.44. The molecule has 0 amide bonds. The van der Waals surface area contributed by atoms with Gasteiger partial charge in [-0.1, -0.05) is 42.8 Å². The zero-order chi connectivity index (χ0) is 8.36. The van der Waals surface area contributed by atoms with E-state index < -0.39 is 13.1 Å². The van der Waals surface area contributed by atoms with Gasteiger partial charge in [-0.05, 0) is 6.92 Å². The van der Waals surface area contributed by atoms with Gasteiger partial charge >= 0.3 is 0 Å². The predicted molar refractivity (Wildman–Crippen MR) is 49.4 cm³/mol. The van der Waals surface area contributed by atoms with Crippen molar-refractivity contribution < 1.29 is 4.74 Å². The maximum absolute atomic E-state index is 5.44. The molecule has 1 nitrogen and oxygen atoms in total. The van der Waals surface area contributed by atoms with Crippen LogP contribution in [0.2, 0.25) is 19.6 Å². The second-order valence-corrected chi connectivity index (χ2v) is 9.97. The standard InChI is InChI=1S/C6H14Cl2OSi/c1-5(9-6(7)8)10(2,3)4/h5-6H,1-4H3. The normalized spacial score (nSPS) is 15.9. The molecule has 0 aliphatic carbocycles. The fraction of sp³-hybridized carbons (Fsp3) is 1.00. The van der Waals surface area contributed by atoms with Crippen molar-refractivity contribution in [2.45, 2.75) is 37.3 Å². The fourth-order valence-electron chi connectivity index (χ4n) is 0.358. The van der Waals surface area contributed by atoms with E-state index in [-0.39, 0.29) is 5.73 Å². The van der Waals surface area contributed by atoms with Gasteiger partial charge in [0, 0.05) is 5.73 Å². The topological polar surface area (TPSA) is 9.23 Å². The maximum Gasteiger partial charge on any atom is 0.206 e. The Kier molecular flexibility index (Phi) is 4.25. The molecule has 1 unspecified atom stereocenters. The fourth-order valence-corrected chi connectivity index (χ4v) is 1.38. The second-order valence-electron chi connectivity index (χ2n) is 3.40. The van der Waals surface area contributed by atoms with Crippen molar-refractivity contribution in [1.82, 2.24) is 0 Å². The van der Waals surface area contributed by atoms with Gasteiger partial charge in [-0.3, -0.25) is 0 Å². The Labute approximate surface area is 73.7 Å². The molecule has 1 atom stereocenters. The smallest absolute Gasteiger partial charge is 0.206 e. The summed E-state index contributed by atoms with van der Waals surface area (Å²) in [7, 11) is -1.21. The Morgan fingerprint density at radius 1 is 1.20 bits per heavy atom. The summed E-state index contributed by atoms with van der Waals surface area (Å²) in [6, 6.07) is 0. The zero-order valence-corrected chi connectivity index (χ0v) is 9.33. The summed E-state index contributed by atoms with van der Waals surface area (Å²) in [4.78, 5) is 0. The minimum atomic E-state index is -1.21. The molecular formula is C6H14Cl2OSi. The highest BCUT2D eigenvalue weighted by molar-refractivity contribution is 6.77. The van der Waals surface area contributed by atoms with E-state index in [1.54, 1.807) is 0 Å². The van der Waals surface area contributed by atoms with E-state index in [1.807, 2.05) is 6.92 Å². The molecule has 0 N–H and O–H groups in total. The van der Waals surface area contributed by atoms with Crippen LogP contribution in [0.4, 0.5) is 0 Å². The summed E-state index contributed by atoms with van der Waals surface area (Å²) >= 11 is 10.9. The van der Waals surface area contributed by atoms with Gasteiger partial charge in [0.2, 0.25) is 5.02 Å². The Hall–Kier alpha value is 0.757. The molecule has 0 fully saturated rings. The van der Waals surface area contributed by atoms with E-state index in [0.29, 0.717) is 0 Å². The quantitative estimate of drug-likeness (QED) is 0.503. The first-order valence-corrected chi connectivity index (χ1v) is 7.72. The van der Waals surface area contributed by atoms with Crippen LogP contribution >= 0.6 is 23.2 Å². The molecule has 0 aromatic carbocycles. The van der Waals surface area contributed by atoms with Crippen LogP contribution < -0.4 is 0 Å². The number of hydrogen-bond acceptors (Lipinski definition) is 1. The van der Waals surface area contributed by atoms with E-state index in [2.05, 4.69) is 19.6 Å². The minimum absolute atomic E-state index is 0.215. The summed E-state index contributed by atoms with van der Waals surface area (Å²) in [6.07, 6.45) is 0. The van der Waals surface area contributed by atoms with Crippen molar-refractivity contribution in [2.75, 3.05) is 0 Å². The van der Waals surface area contributed by atoms with E-state index >= 15 is 0 Å². The molecular weight excluding hydrogens is 187 g/mol. The number of alkyl halides is 2. The first-order chi connectivity index (χ1) is 4.34. The van der Waals surface area contributed by atoms with Gasteiger partial charge in [0.25, 0.3) is 0 Å². The molecule has 0 radical (unpaired) electrons. The minimum Gasteiger partial charge on any atom is -0.349 e. The third kappa shape index (κ3) is 4.55. The Balaban J connectivity index is 3.73. The van der Waals surface area contributed by atoms with Crippen LogP contribution in [-0.4, -0.2) is 18.8 Å². The van der Waals surface area contributed by atoms with E-state index in [1.165, 1.54) is 0 Å². The Morgan fingerprint density at radius 2 is 1.60 bits per heavy atom. The molecule has 0 aliphatic rings. The lowest BCUT2D eigenvalue weighted by Gasteiger charge is -2.25. The summed E-state index contributed by atoms with van der Waals surface area (Å²) < 4.78 is 5.21. The molecule has 0 heterocycles. The van der Waals surface area contributed by atoms with Crippen molar-refractivity contribution in [3.8, 4) is 0 Å².